The van der Waals surface area contributed by atoms with E-state index >= 15 is 0 Å². The van der Waals surface area contributed by atoms with Gasteiger partial charge in [0.15, 0.2) is 11.2 Å². The maximum atomic E-state index is 12.4. The van der Waals surface area contributed by atoms with Crippen molar-refractivity contribution in [2.75, 3.05) is 17.7 Å². The molecule has 162 valence electrons. The summed E-state index contributed by atoms with van der Waals surface area (Å²) in [5, 5.41) is 21.7. The van der Waals surface area contributed by atoms with E-state index in [1.165, 1.54) is 6.20 Å². The van der Waals surface area contributed by atoms with Gasteiger partial charge in [-0.3, -0.25) is 4.79 Å². The molecule has 3 aromatic rings. The molecule has 3 rings (SSSR count). The zero-order valence-electron chi connectivity index (χ0n) is 17.3. The number of amides is 1. The second kappa shape index (κ2) is 8.78. The Balaban J connectivity index is 1.72. The van der Waals surface area contributed by atoms with E-state index in [1.807, 2.05) is 11.9 Å². The highest BCUT2D eigenvalue weighted by molar-refractivity contribution is 5.96. The highest BCUT2D eigenvalue weighted by Gasteiger charge is 2.24. The zero-order valence-corrected chi connectivity index (χ0v) is 17.3. The van der Waals surface area contributed by atoms with Crippen LogP contribution in [-0.2, 0) is 11.3 Å². The van der Waals surface area contributed by atoms with Gasteiger partial charge in [-0.15, -0.1) is 0 Å². The van der Waals surface area contributed by atoms with Gasteiger partial charge in [0, 0.05) is 18.3 Å². The third-order valence-corrected chi connectivity index (χ3v) is 4.64. The average Bonchev–Trinajstić information content (AvgIpc) is 2.71. The lowest BCUT2D eigenvalue weighted by molar-refractivity contribution is -0.140. The minimum absolute atomic E-state index is 0.0867. The molecule has 31 heavy (non-hydrogen) atoms. The van der Waals surface area contributed by atoms with Crippen molar-refractivity contribution >= 4 is 34.7 Å². The van der Waals surface area contributed by atoms with Crippen molar-refractivity contribution in [1.82, 2.24) is 25.3 Å². The normalized spacial score (nSPS) is 12.0. The smallest absolute Gasteiger partial charge is 0.326 e. The number of aromatic hydroxyl groups is 1. The molecule has 1 aromatic carbocycles. The summed E-state index contributed by atoms with van der Waals surface area (Å²) in [5.41, 5.74) is 7.58. The number of carbonyl (C=O) groups is 2. The first-order chi connectivity index (χ1) is 14.7. The van der Waals surface area contributed by atoms with Gasteiger partial charge in [0.05, 0.1) is 18.4 Å². The highest BCUT2D eigenvalue weighted by Crippen LogP contribution is 2.20. The van der Waals surface area contributed by atoms with Crippen molar-refractivity contribution in [3.63, 3.8) is 0 Å². The highest BCUT2D eigenvalue weighted by atomic mass is 16.4. The largest absolute Gasteiger partial charge is 0.492 e. The predicted octanol–water partition coefficient (Wildman–Crippen LogP) is 1.18. The van der Waals surface area contributed by atoms with E-state index < -0.39 is 17.9 Å². The molecule has 0 unspecified atom stereocenters. The molecule has 1 amide bonds. The number of nitrogens with two attached hydrogens (primary N) is 1. The number of hydrogen-bond donors (Lipinski definition) is 4. The number of rotatable bonds is 7. The van der Waals surface area contributed by atoms with Crippen molar-refractivity contribution in [2.24, 2.45) is 5.92 Å². The first kappa shape index (κ1) is 21.7. The van der Waals surface area contributed by atoms with Crippen LogP contribution in [-0.4, -0.2) is 55.1 Å². The molecule has 0 aliphatic carbocycles. The number of hydrogen-bond acceptors (Lipinski definition) is 9. The van der Waals surface area contributed by atoms with Crippen LogP contribution in [0, 0.1) is 5.92 Å². The summed E-state index contributed by atoms with van der Waals surface area (Å²) in [5.74, 6) is -2.19. The van der Waals surface area contributed by atoms with Crippen molar-refractivity contribution in [1.29, 1.82) is 0 Å². The Hall–Kier alpha value is -4.02. The molecular weight excluding hydrogens is 402 g/mol. The summed E-state index contributed by atoms with van der Waals surface area (Å²) in [7, 11) is 1.83. The molecule has 0 saturated heterocycles. The Morgan fingerprint density at radius 2 is 1.84 bits per heavy atom. The standard InChI is InChI=1S/C20H23N7O4/c1-10(2)14(19(30)31)24-17(28)11-4-6-13(7-5-11)27(3)9-12-8-22-16-15(23-12)18(29)26-20(21)25-16/h4-8,10,14H,9H2,1-3H3,(H,24,28)(H,30,31)(H3,21,22,25,26,29)/t14-/m0/s1. The van der Waals surface area contributed by atoms with Crippen LogP contribution in [0.5, 0.6) is 5.88 Å². The number of fused-ring (bicyclic) bond motifs is 1. The summed E-state index contributed by atoms with van der Waals surface area (Å²) < 4.78 is 0. The van der Waals surface area contributed by atoms with Crippen LogP contribution in [0.1, 0.15) is 29.9 Å². The molecule has 2 aromatic heterocycles. The Morgan fingerprint density at radius 1 is 1.16 bits per heavy atom. The lowest BCUT2D eigenvalue weighted by atomic mass is 10.0. The third-order valence-electron chi connectivity index (χ3n) is 4.64. The van der Waals surface area contributed by atoms with Gasteiger partial charge in [-0.1, -0.05) is 13.8 Å². The second-order valence-electron chi connectivity index (χ2n) is 7.38. The molecule has 0 fully saturated rings. The first-order valence-electron chi connectivity index (χ1n) is 9.48. The van der Waals surface area contributed by atoms with Gasteiger partial charge in [-0.05, 0) is 30.2 Å². The summed E-state index contributed by atoms with van der Waals surface area (Å²) in [6.45, 7) is 3.83. The number of nitrogen functional groups attached to an aromatic ring is 1. The molecule has 2 heterocycles. The van der Waals surface area contributed by atoms with Gasteiger partial charge in [0.1, 0.15) is 6.04 Å². The van der Waals surface area contributed by atoms with E-state index in [1.54, 1.807) is 38.1 Å². The molecule has 0 bridgehead atoms. The molecule has 11 nitrogen and oxygen atoms in total. The number of nitrogens with zero attached hydrogens (tertiary/aromatic N) is 5. The van der Waals surface area contributed by atoms with Gasteiger partial charge in [0.25, 0.3) is 5.91 Å². The van der Waals surface area contributed by atoms with Gasteiger partial charge in [-0.25, -0.2) is 14.8 Å². The summed E-state index contributed by atoms with van der Waals surface area (Å²) in [4.78, 5) is 41.6. The fourth-order valence-electron chi connectivity index (χ4n) is 2.96. The first-order valence-corrected chi connectivity index (χ1v) is 9.48. The monoisotopic (exact) mass is 425 g/mol. The quantitative estimate of drug-likeness (QED) is 0.431. The maximum Gasteiger partial charge on any atom is 0.326 e. The number of aromatic nitrogens is 4. The van der Waals surface area contributed by atoms with Crippen LogP contribution in [0.4, 0.5) is 11.6 Å². The van der Waals surface area contributed by atoms with E-state index in [4.69, 9.17) is 5.73 Å². The predicted molar refractivity (Wildman–Crippen MR) is 113 cm³/mol. The minimum atomic E-state index is -1.07. The molecular formula is C20H23N7O4. The zero-order chi connectivity index (χ0) is 22.7. The number of anilines is 2. The van der Waals surface area contributed by atoms with Crippen LogP contribution in [0.3, 0.4) is 0 Å². The van der Waals surface area contributed by atoms with Crippen molar-refractivity contribution in [2.45, 2.75) is 26.4 Å². The van der Waals surface area contributed by atoms with E-state index in [9.17, 15) is 19.8 Å². The summed E-state index contributed by atoms with van der Waals surface area (Å²) >= 11 is 0. The maximum absolute atomic E-state index is 12.4. The van der Waals surface area contributed by atoms with Gasteiger partial charge >= 0.3 is 5.97 Å². The molecule has 11 heteroatoms. The number of carbonyl (C=O) groups excluding carboxylic acids is 1. The molecule has 0 radical (unpaired) electrons. The van der Waals surface area contributed by atoms with Crippen molar-refractivity contribution < 1.29 is 19.8 Å². The number of carboxylic acids is 1. The molecule has 5 N–H and O–H groups in total. The van der Waals surface area contributed by atoms with E-state index in [-0.39, 0.29) is 28.9 Å². The van der Waals surface area contributed by atoms with Crippen LogP contribution in [0.15, 0.2) is 30.5 Å². The van der Waals surface area contributed by atoms with Crippen LogP contribution >= 0.6 is 0 Å². The lowest BCUT2D eigenvalue weighted by Crippen LogP contribution is -2.44. The van der Waals surface area contributed by atoms with Gasteiger partial charge < -0.3 is 26.2 Å². The van der Waals surface area contributed by atoms with Crippen molar-refractivity contribution in [3.05, 3.63) is 41.7 Å². The average molecular weight is 425 g/mol. The van der Waals surface area contributed by atoms with Gasteiger partial charge in [0.2, 0.25) is 11.8 Å². The van der Waals surface area contributed by atoms with Gasteiger partial charge in [-0.2, -0.15) is 9.97 Å². The van der Waals surface area contributed by atoms with E-state index in [0.29, 0.717) is 17.8 Å². The molecule has 1 atom stereocenters. The minimum Gasteiger partial charge on any atom is -0.492 e. The fraction of sp³-hybridized carbons (Fsp3) is 0.300. The molecule has 0 aliphatic rings. The SMILES string of the molecule is CC(C)[C@H](NC(=O)c1ccc(N(C)Cc2cnc3nc(N)nc(O)c3n2)cc1)C(=O)O. The number of aliphatic carboxylic acids is 1. The Morgan fingerprint density at radius 3 is 2.45 bits per heavy atom. The molecule has 0 spiro atoms. The third kappa shape index (κ3) is 4.94. The second-order valence-corrected chi connectivity index (χ2v) is 7.38. The molecule has 0 aliphatic heterocycles. The number of nitrogens with one attached hydrogen (secondary N) is 1. The fourth-order valence-corrected chi connectivity index (χ4v) is 2.96. The molecule has 0 saturated carbocycles. The van der Waals surface area contributed by atoms with Crippen LogP contribution in [0.25, 0.3) is 11.2 Å². The van der Waals surface area contributed by atoms with Crippen LogP contribution < -0.4 is 16.0 Å². The topological polar surface area (TPSA) is 167 Å². The van der Waals surface area contributed by atoms with Crippen molar-refractivity contribution in [3.8, 4) is 5.88 Å². The van der Waals surface area contributed by atoms with E-state index in [2.05, 4.69) is 25.3 Å². The van der Waals surface area contributed by atoms with Crippen LogP contribution in [0.2, 0.25) is 0 Å². The summed E-state index contributed by atoms with van der Waals surface area (Å²) in [6, 6.07) is 5.77. The van der Waals surface area contributed by atoms with E-state index in [0.717, 1.165) is 5.69 Å². The number of benzene rings is 1. The summed E-state index contributed by atoms with van der Waals surface area (Å²) in [6.07, 6.45) is 1.53. The Labute approximate surface area is 178 Å². The lowest BCUT2D eigenvalue weighted by Gasteiger charge is -2.20. The Bertz CT molecular complexity index is 1120. The Kier molecular flexibility index (Phi) is 6.14. The number of carboxylic acid groups (broad SMARTS) is 1.